The normalized spacial score (nSPS) is 31.6. The van der Waals surface area contributed by atoms with Crippen LogP contribution >= 0.6 is 0 Å². The number of hydrogen-bond donors (Lipinski definition) is 2. The number of hydrogen-bond acceptors (Lipinski definition) is 7. The Balaban J connectivity index is 2.19. The fraction of sp³-hybridized carbons (Fsp3) is 0.556. The predicted molar refractivity (Wildman–Crippen MR) is 131 cm³/mol. The van der Waals surface area contributed by atoms with Crippen molar-refractivity contribution in [3.8, 4) is 0 Å². The van der Waals surface area contributed by atoms with Gasteiger partial charge in [0.05, 0.1) is 12.0 Å². The Hall–Kier alpha value is -2.84. The van der Waals surface area contributed by atoms with Crippen molar-refractivity contribution in [3.05, 3.63) is 48.1 Å². The van der Waals surface area contributed by atoms with Crippen LogP contribution in [0.2, 0.25) is 0 Å². The van der Waals surface area contributed by atoms with Gasteiger partial charge in [-0.1, -0.05) is 44.2 Å². The molecule has 2 aliphatic heterocycles. The number of aliphatic hydroxyl groups is 1. The van der Waals surface area contributed by atoms with Crippen LogP contribution in [-0.2, 0) is 28.7 Å². The van der Waals surface area contributed by atoms with Crippen LogP contribution in [0.4, 0.5) is 0 Å². The molecule has 2 amide bonds. The molecule has 0 bridgehead atoms. The lowest BCUT2D eigenvalue weighted by atomic mass is 9.89. The Kier molecular flexibility index (Phi) is 11.3. The quantitative estimate of drug-likeness (QED) is 0.256. The van der Waals surface area contributed by atoms with E-state index in [0.29, 0.717) is 24.8 Å². The number of esters is 1. The Bertz CT molecular complexity index is 885. The minimum Gasteiger partial charge on any atom is -0.454 e. The Labute approximate surface area is 207 Å². The Morgan fingerprint density at radius 1 is 1.23 bits per heavy atom. The molecule has 0 radical (unpaired) electrons. The number of ketones is 1. The number of ether oxygens (including phenoxy) is 2. The molecule has 35 heavy (non-hydrogen) atoms. The van der Waals surface area contributed by atoms with E-state index in [1.807, 2.05) is 19.1 Å². The van der Waals surface area contributed by atoms with E-state index in [1.54, 1.807) is 32.1 Å². The number of methoxy groups -OCH3 is 1. The summed E-state index contributed by atoms with van der Waals surface area (Å²) in [6, 6.07) is 0. The van der Waals surface area contributed by atoms with Crippen LogP contribution in [0.3, 0.4) is 0 Å². The molecule has 5 atom stereocenters. The van der Waals surface area contributed by atoms with E-state index in [2.05, 4.69) is 5.32 Å². The van der Waals surface area contributed by atoms with E-state index in [4.69, 9.17) is 9.47 Å². The second kappa shape index (κ2) is 13.9. The topological polar surface area (TPSA) is 119 Å². The number of nitrogens with one attached hydrogen (secondary N) is 1. The average molecular weight is 488 g/mol. The molecule has 0 aromatic heterocycles. The summed E-state index contributed by atoms with van der Waals surface area (Å²) >= 11 is 0. The van der Waals surface area contributed by atoms with Crippen molar-refractivity contribution in [1.29, 1.82) is 0 Å². The van der Waals surface area contributed by atoms with E-state index in [-0.39, 0.29) is 42.3 Å². The van der Waals surface area contributed by atoms with Gasteiger partial charge in [-0.05, 0) is 43.8 Å². The highest BCUT2D eigenvalue weighted by molar-refractivity contribution is 5.97. The molecular formula is C27H37NO7. The monoisotopic (exact) mass is 487 g/mol. The van der Waals surface area contributed by atoms with E-state index in [9.17, 15) is 24.3 Å². The molecule has 8 nitrogen and oxygen atoms in total. The van der Waals surface area contributed by atoms with Gasteiger partial charge in [0.1, 0.15) is 12.2 Å². The number of carbonyl (C=O) groups excluding carboxylic acids is 4. The third-order valence-electron chi connectivity index (χ3n) is 6.33. The summed E-state index contributed by atoms with van der Waals surface area (Å²) in [4.78, 5) is 48.5. The smallest absolute Gasteiger partial charge is 0.331 e. The number of aliphatic hydroxyl groups excluding tert-OH is 1. The van der Waals surface area contributed by atoms with Gasteiger partial charge in [0.25, 0.3) is 0 Å². The van der Waals surface area contributed by atoms with Gasteiger partial charge in [0.2, 0.25) is 11.8 Å². The largest absolute Gasteiger partial charge is 0.454 e. The average Bonchev–Trinajstić information content (AvgIpc) is 2.79. The first-order valence-corrected chi connectivity index (χ1v) is 12.1. The molecule has 1 saturated heterocycles. The highest BCUT2D eigenvalue weighted by Crippen LogP contribution is 2.24. The van der Waals surface area contributed by atoms with Crippen LogP contribution < -0.4 is 5.32 Å². The van der Waals surface area contributed by atoms with Crippen LogP contribution in [-0.4, -0.2) is 54.1 Å². The van der Waals surface area contributed by atoms with Gasteiger partial charge in [-0.2, -0.15) is 0 Å². The summed E-state index contributed by atoms with van der Waals surface area (Å²) in [7, 11) is 1.54. The number of imide groups is 1. The van der Waals surface area contributed by atoms with Crippen molar-refractivity contribution < 1.29 is 33.8 Å². The lowest BCUT2D eigenvalue weighted by molar-refractivity contribution is -0.145. The van der Waals surface area contributed by atoms with E-state index < -0.39 is 30.2 Å². The number of allylic oxidation sites excluding steroid dienone is 4. The standard InChI is InChI=1S/C27H37NO7/c1-17-14-18(2)27(35-25(32)13-8-6-5-7-12-22(34-4)26(17)33)19(3)21(29)11-9-10-20-15-23(30)28-24(31)16-20/h7-9,11-14,17,19-20,22,26-27,33H,5-6,10,15-16H2,1-4H3,(H,28,30,31)/b11-9+,12-7+,13-8+,18-14-/t17-,19-,22+,26+,27+/m1/s1. The van der Waals surface area contributed by atoms with Crippen LogP contribution in [0.15, 0.2) is 48.1 Å². The van der Waals surface area contributed by atoms with Crippen LogP contribution in [0.5, 0.6) is 0 Å². The highest BCUT2D eigenvalue weighted by atomic mass is 16.5. The third kappa shape index (κ3) is 9.03. The highest BCUT2D eigenvalue weighted by Gasteiger charge is 2.30. The fourth-order valence-electron chi connectivity index (χ4n) is 4.29. The molecule has 0 spiro atoms. The number of cyclic esters (lactones) is 1. The van der Waals surface area contributed by atoms with Crippen molar-refractivity contribution >= 4 is 23.6 Å². The SMILES string of the molecule is CO[C@H]1/C=C/CC/C=C/C(=O)O[C@H]([C@H](C)C(=O)/C=C/CC2CC(=O)NC(=O)C2)/C(C)=C\[C@@H](C)[C@@H]1O. The molecule has 0 unspecified atom stereocenters. The molecule has 2 rings (SSSR count). The molecule has 0 aromatic rings. The van der Waals surface area contributed by atoms with E-state index >= 15 is 0 Å². The predicted octanol–water partition coefficient (Wildman–Crippen LogP) is 2.97. The maximum Gasteiger partial charge on any atom is 0.331 e. The molecule has 8 heteroatoms. The zero-order valence-electron chi connectivity index (χ0n) is 20.9. The van der Waals surface area contributed by atoms with Gasteiger partial charge in [0.15, 0.2) is 5.78 Å². The summed E-state index contributed by atoms with van der Waals surface area (Å²) in [5.41, 5.74) is 0.651. The minimum absolute atomic E-state index is 0.139. The minimum atomic E-state index is -0.819. The van der Waals surface area contributed by atoms with Gasteiger partial charge < -0.3 is 14.6 Å². The lowest BCUT2D eigenvalue weighted by Crippen LogP contribution is -2.38. The molecule has 2 heterocycles. The molecular weight excluding hydrogens is 450 g/mol. The summed E-state index contributed by atoms with van der Waals surface area (Å²) in [6.07, 6.45) is 11.8. The lowest BCUT2D eigenvalue weighted by Gasteiger charge is -2.27. The zero-order chi connectivity index (χ0) is 26.0. The first kappa shape index (κ1) is 28.4. The molecule has 0 aromatic carbocycles. The van der Waals surface area contributed by atoms with Gasteiger partial charge in [-0.15, -0.1) is 0 Å². The van der Waals surface area contributed by atoms with Crippen molar-refractivity contribution in [3.63, 3.8) is 0 Å². The zero-order valence-corrected chi connectivity index (χ0v) is 20.9. The molecule has 0 aliphatic carbocycles. The second-order valence-corrected chi connectivity index (χ2v) is 9.30. The van der Waals surface area contributed by atoms with Gasteiger partial charge in [-0.3, -0.25) is 19.7 Å². The maximum atomic E-state index is 12.9. The number of rotatable bonds is 6. The molecule has 2 N–H and O–H groups in total. The van der Waals surface area contributed by atoms with Crippen molar-refractivity contribution in [2.24, 2.45) is 17.8 Å². The van der Waals surface area contributed by atoms with Crippen LogP contribution in [0, 0.1) is 17.8 Å². The van der Waals surface area contributed by atoms with Crippen molar-refractivity contribution in [2.75, 3.05) is 7.11 Å². The number of carbonyl (C=O) groups is 4. The summed E-state index contributed by atoms with van der Waals surface area (Å²) in [6.45, 7) is 5.30. The fourth-order valence-corrected chi connectivity index (χ4v) is 4.29. The molecule has 0 saturated carbocycles. The molecule has 1 fully saturated rings. The Morgan fingerprint density at radius 3 is 2.54 bits per heavy atom. The first-order valence-electron chi connectivity index (χ1n) is 12.1. The van der Waals surface area contributed by atoms with E-state index in [1.165, 1.54) is 19.3 Å². The third-order valence-corrected chi connectivity index (χ3v) is 6.33. The van der Waals surface area contributed by atoms with Crippen LogP contribution in [0.25, 0.3) is 0 Å². The summed E-state index contributed by atoms with van der Waals surface area (Å²) in [5.74, 6) is -2.52. The first-order chi connectivity index (χ1) is 16.6. The molecule has 192 valence electrons. The summed E-state index contributed by atoms with van der Waals surface area (Å²) in [5, 5.41) is 13.0. The summed E-state index contributed by atoms with van der Waals surface area (Å²) < 4.78 is 11.1. The second-order valence-electron chi connectivity index (χ2n) is 9.30. The number of piperidine rings is 1. The van der Waals surface area contributed by atoms with Crippen molar-refractivity contribution in [2.45, 2.75) is 71.2 Å². The maximum absolute atomic E-state index is 12.9. The van der Waals surface area contributed by atoms with Gasteiger partial charge >= 0.3 is 5.97 Å². The van der Waals surface area contributed by atoms with Crippen molar-refractivity contribution in [1.82, 2.24) is 5.32 Å². The van der Waals surface area contributed by atoms with E-state index in [0.717, 1.165) is 0 Å². The number of amides is 2. The van der Waals surface area contributed by atoms with Gasteiger partial charge in [-0.25, -0.2) is 4.79 Å². The molecule has 2 aliphatic rings. The van der Waals surface area contributed by atoms with Crippen LogP contribution in [0.1, 0.15) is 52.9 Å². The Morgan fingerprint density at radius 2 is 1.89 bits per heavy atom. The van der Waals surface area contributed by atoms with Gasteiger partial charge in [0, 0.05) is 31.9 Å².